The van der Waals surface area contributed by atoms with E-state index in [-0.39, 0.29) is 0 Å². The molecule has 1 nitrogen and oxygen atoms in total. The molecule has 36 heavy (non-hydrogen) atoms. The van der Waals surface area contributed by atoms with E-state index in [0.717, 1.165) is 6.92 Å². The van der Waals surface area contributed by atoms with Gasteiger partial charge >= 0.3 is 59.7 Å². The topological polar surface area (TPSA) is 0 Å². The molecule has 0 spiro atoms. The van der Waals surface area contributed by atoms with Gasteiger partial charge in [0.25, 0.3) is 0 Å². The van der Waals surface area contributed by atoms with E-state index in [0.29, 0.717) is 14.1 Å². The highest BCUT2D eigenvalue weighted by atomic mass is 19.4. The first kappa shape index (κ1) is 34.6. The standard InChI is InChI=1S/C15H14F20N/c1-4-36(2,3)5-7(18,19)9(22,23)11(26,27)13(30,31)15(34,35)14(32,33)12(28,29)10(24,25)8(20,21)6(16)17/h6H,4-5H2,1-3H3/q+1. The Kier molecular flexibility index (Phi) is 8.45. The zero-order valence-corrected chi connectivity index (χ0v) is 17.5. The summed E-state index contributed by atoms with van der Waals surface area (Å²) in [5.41, 5.74) is 0. The van der Waals surface area contributed by atoms with E-state index in [1.54, 1.807) is 0 Å². The molecule has 0 N–H and O–H groups in total. The van der Waals surface area contributed by atoms with Crippen LogP contribution < -0.4 is 0 Å². The van der Waals surface area contributed by atoms with Crippen molar-refractivity contribution in [3.8, 4) is 0 Å². The van der Waals surface area contributed by atoms with E-state index in [1.165, 1.54) is 0 Å². The van der Waals surface area contributed by atoms with Crippen LogP contribution in [-0.2, 0) is 0 Å². The van der Waals surface area contributed by atoms with Crippen molar-refractivity contribution in [2.75, 3.05) is 27.2 Å². The minimum absolute atomic E-state index is 0.564. The summed E-state index contributed by atoms with van der Waals surface area (Å²) >= 11 is 0. The van der Waals surface area contributed by atoms with Gasteiger partial charge in [0.2, 0.25) is 0 Å². The molecule has 0 aliphatic carbocycles. The van der Waals surface area contributed by atoms with Gasteiger partial charge in [-0.2, -0.15) is 79.0 Å². The summed E-state index contributed by atoms with van der Waals surface area (Å²) in [5.74, 6) is -74.5. The maximum absolute atomic E-state index is 13.8. The van der Waals surface area contributed by atoms with Crippen molar-refractivity contribution in [3.05, 3.63) is 0 Å². The summed E-state index contributed by atoms with van der Waals surface area (Å²) in [6.07, 6.45) is -6.08. The van der Waals surface area contributed by atoms with Crippen LogP contribution in [0.15, 0.2) is 0 Å². The molecule has 0 rings (SSSR count). The molecule has 0 aromatic heterocycles. The highest BCUT2D eigenvalue weighted by molar-refractivity contribution is 5.17. The van der Waals surface area contributed by atoms with Crippen LogP contribution in [0.1, 0.15) is 6.92 Å². The largest absolute Gasteiger partial charge is 0.385 e. The van der Waals surface area contributed by atoms with Gasteiger partial charge in [0.1, 0.15) is 6.54 Å². The fraction of sp³-hybridized carbons (Fsp3) is 1.00. The lowest BCUT2D eigenvalue weighted by molar-refractivity contribution is -0.898. The van der Waals surface area contributed by atoms with Crippen LogP contribution in [-0.4, -0.2) is 91.4 Å². The summed E-state index contributed by atoms with van der Waals surface area (Å²) in [7, 11) is 1.13. The third-order valence-corrected chi connectivity index (χ3v) is 5.00. The second-order valence-corrected chi connectivity index (χ2v) is 8.06. The molecule has 0 atom stereocenters. The third-order valence-electron chi connectivity index (χ3n) is 5.00. The van der Waals surface area contributed by atoms with Crippen molar-refractivity contribution < 1.29 is 92.3 Å². The zero-order valence-electron chi connectivity index (χ0n) is 17.5. The summed E-state index contributed by atoms with van der Waals surface area (Å²) in [6, 6.07) is 0. The van der Waals surface area contributed by atoms with Crippen molar-refractivity contribution in [1.29, 1.82) is 0 Å². The lowest BCUT2D eigenvalue weighted by Gasteiger charge is -2.45. The number of rotatable bonds is 12. The molecular weight excluding hydrogens is 574 g/mol. The fourth-order valence-electron chi connectivity index (χ4n) is 2.31. The van der Waals surface area contributed by atoms with Gasteiger partial charge in [-0.3, -0.25) is 0 Å². The van der Waals surface area contributed by atoms with E-state index in [4.69, 9.17) is 0 Å². The van der Waals surface area contributed by atoms with Crippen LogP contribution in [0.25, 0.3) is 0 Å². The van der Waals surface area contributed by atoms with Gasteiger partial charge in [-0.05, 0) is 6.92 Å². The monoisotopic (exact) mass is 588 g/mol. The Morgan fingerprint density at radius 1 is 0.472 bits per heavy atom. The molecule has 21 heteroatoms. The van der Waals surface area contributed by atoms with E-state index >= 15 is 0 Å². The van der Waals surface area contributed by atoms with Crippen molar-refractivity contribution in [2.24, 2.45) is 0 Å². The van der Waals surface area contributed by atoms with Gasteiger partial charge in [0.15, 0.2) is 0 Å². The molecule has 0 fully saturated rings. The van der Waals surface area contributed by atoms with E-state index in [2.05, 4.69) is 0 Å². The Labute approximate surface area is 187 Å². The second kappa shape index (κ2) is 8.81. The molecule has 0 saturated heterocycles. The molecule has 0 aromatic rings. The Hall–Kier alpha value is -1.44. The Morgan fingerprint density at radius 3 is 0.972 bits per heavy atom. The predicted molar refractivity (Wildman–Crippen MR) is 78.0 cm³/mol. The minimum atomic E-state index is -8.97. The van der Waals surface area contributed by atoms with Crippen molar-refractivity contribution in [1.82, 2.24) is 0 Å². The number of halogens is 20. The lowest BCUT2D eigenvalue weighted by atomic mass is 9.86. The lowest BCUT2D eigenvalue weighted by Crippen LogP contribution is -2.77. The van der Waals surface area contributed by atoms with E-state index in [9.17, 15) is 87.8 Å². The van der Waals surface area contributed by atoms with E-state index in [1.807, 2.05) is 0 Å². The van der Waals surface area contributed by atoms with E-state index < -0.39 is 77.3 Å². The fourth-order valence-corrected chi connectivity index (χ4v) is 2.31. The highest BCUT2D eigenvalue weighted by Gasteiger charge is 2.97. The van der Waals surface area contributed by atoms with Crippen LogP contribution in [0.5, 0.6) is 0 Å². The first-order valence-electron chi connectivity index (χ1n) is 8.71. The summed E-state index contributed by atoms with van der Waals surface area (Å²) < 4.78 is 265. The number of nitrogens with zero attached hydrogens (tertiary/aromatic N) is 1. The highest BCUT2D eigenvalue weighted by Crippen LogP contribution is 2.65. The maximum atomic E-state index is 13.8. The third kappa shape index (κ3) is 4.43. The smallest absolute Gasteiger partial charge is 0.324 e. The molecule has 0 heterocycles. The van der Waals surface area contributed by atoms with Gasteiger partial charge in [0.05, 0.1) is 20.6 Å². The predicted octanol–water partition coefficient (Wildman–Crippen LogP) is 7.07. The molecule has 0 amide bonds. The summed E-state index contributed by atoms with van der Waals surface area (Å²) in [5, 5.41) is 0. The van der Waals surface area contributed by atoms with Crippen LogP contribution >= 0.6 is 0 Å². The number of hydrogen-bond donors (Lipinski definition) is 0. The number of alkyl halides is 20. The summed E-state index contributed by atoms with van der Waals surface area (Å²) in [6.45, 7) is -2.34. The first-order valence-corrected chi connectivity index (χ1v) is 8.71. The van der Waals surface area contributed by atoms with Gasteiger partial charge < -0.3 is 4.48 Å². The van der Waals surface area contributed by atoms with Crippen LogP contribution in [0.4, 0.5) is 87.8 Å². The molecule has 0 aliphatic heterocycles. The van der Waals surface area contributed by atoms with Gasteiger partial charge in [-0.1, -0.05) is 0 Å². The Bertz CT molecular complexity index is 782. The minimum Gasteiger partial charge on any atom is -0.324 e. The molecule has 0 aliphatic rings. The van der Waals surface area contributed by atoms with Gasteiger partial charge in [-0.25, -0.2) is 8.78 Å². The summed E-state index contributed by atoms with van der Waals surface area (Å²) in [4.78, 5) is 0. The van der Waals surface area contributed by atoms with Crippen molar-refractivity contribution in [2.45, 2.75) is 66.7 Å². The van der Waals surface area contributed by atoms with Crippen LogP contribution in [0.2, 0.25) is 0 Å². The Morgan fingerprint density at radius 2 is 0.722 bits per heavy atom. The quantitative estimate of drug-likeness (QED) is 0.169. The Balaban J connectivity index is 6.98. The van der Waals surface area contributed by atoms with Gasteiger partial charge in [-0.15, -0.1) is 0 Å². The van der Waals surface area contributed by atoms with Crippen LogP contribution in [0, 0.1) is 0 Å². The molecule has 218 valence electrons. The number of hydrogen-bond acceptors (Lipinski definition) is 0. The molecule has 0 saturated carbocycles. The molecule has 0 radical (unpaired) electrons. The van der Waals surface area contributed by atoms with Crippen molar-refractivity contribution in [3.63, 3.8) is 0 Å². The first-order chi connectivity index (χ1) is 15.2. The maximum Gasteiger partial charge on any atom is 0.385 e. The van der Waals surface area contributed by atoms with Gasteiger partial charge in [0, 0.05) is 0 Å². The molecule has 0 unspecified atom stereocenters. The van der Waals surface area contributed by atoms with Crippen LogP contribution in [0.3, 0.4) is 0 Å². The van der Waals surface area contributed by atoms with Crippen molar-refractivity contribution >= 4 is 0 Å². The normalized spacial score (nSPS) is 16.7. The zero-order chi connectivity index (χ0) is 30.0. The average Bonchev–Trinajstić information content (AvgIpc) is 2.65. The SMILES string of the molecule is CC[N+](C)(C)CC(F)(F)C(F)(F)C(F)(F)C(F)(F)C(F)(F)C(F)(F)C(F)(F)C(F)(F)C(F)(F)C(F)F. The average molecular weight is 588 g/mol. The molecule has 0 bridgehead atoms. The second-order valence-electron chi connectivity index (χ2n) is 8.06. The molecular formula is C15H14F20N+. The number of quaternary nitrogens is 1. The molecule has 0 aromatic carbocycles.